The molecule has 0 aromatic heterocycles. The molecule has 2 rings (SSSR count). The van der Waals surface area contributed by atoms with Crippen LogP contribution in [-0.4, -0.2) is 48.7 Å². The van der Waals surface area contributed by atoms with Crippen molar-refractivity contribution in [3.05, 3.63) is 29.8 Å². The second-order valence-corrected chi connectivity index (χ2v) is 4.65. The maximum Gasteiger partial charge on any atom is 0.246 e. The Hall–Kier alpha value is -1.39. The van der Waals surface area contributed by atoms with E-state index in [-0.39, 0.29) is 12.5 Å². The van der Waals surface area contributed by atoms with Crippen LogP contribution in [0, 0.1) is 0 Å². The number of carbonyl (C=O) groups is 1. The van der Waals surface area contributed by atoms with Crippen molar-refractivity contribution in [2.45, 2.75) is 19.4 Å². The molecule has 1 aromatic rings. The van der Waals surface area contributed by atoms with Gasteiger partial charge in [0, 0.05) is 18.8 Å². The molecule has 4 heteroatoms. The fraction of sp³-hybridized carbons (Fsp3) is 0.500. The van der Waals surface area contributed by atoms with Crippen molar-refractivity contribution >= 4 is 11.6 Å². The third kappa shape index (κ3) is 2.26. The third-order valence-corrected chi connectivity index (χ3v) is 3.60. The highest BCUT2D eigenvalue weighted by molar-refractivity contribution is 5.98. The quantitative estimate of drug-likeness (QED) is 0.864. The first kappa shape index (κ1) is 13.1. The molecule has 1 unspecified atom stereocenters. The lowest BCUT2D eigenvalue weighted by molar-refractivity contribution is -0.126. The highest BCUT2D eigenvalue weighted by Gasteiger charge is 2.33. The molecule has 18 heavy (non-hydrogen) atoms. The fourth-order valence-corrected chi connectivity index (χ4v) is 2.42. The Morgan fingerprint density at radius 1 is 1.33 bits per heavy atom. The molecule has 1 aliphatic rings. The molecule has 0 aliphatic carbocycles. The number of aliphatic hydroxyl groups excluding tert-OH is 1. The van der Waals surface area contributed by atoms with Gasteiger partial charge in [0.05, 0.1) is 6.61 Å². The van der Waals surface area contributed by atoms with Crippen molar-refractivity contribution in [3.8, 4) is 0 Å². The summed E-state index contributed by atoms with van der Waals surface area (Å²) in [5.41, 5.74) is 2.16. The number of rotatable bonds is 3. The molecule has 1 saturated heterocycles. The van der Waals surface area contributed by atoms with E-state index >= 15 is 0 Å². The lowest BCUT2D eigenvalue weighted by Gasteiger charge is -2.38. The Labute approximate surface area is 108 Å². The van der Waals surface area contributed by atoms with Gasteiger partial charge in [0.1, 0.15) is 6.04 Å². The first-order chi connectivity index (χ1) is 8.69. The van der Waals surface area contributed by atoms with Crippen molar-refractivity contribution in [2.75, 3.05) is 31.6 Å². The molecule has 98 valence electrons. The SMILES string of the molecule is CCc1ccccc1N1CCN(C)C(CO)C1=O. The monoisotopic (exact) mass is 248 g/mol. The lowest BCUT2D eigenvalue weighted by Crippen LogP contribution is -2.57. The summed E-state index contributed by atoms with van der Waals surface area (Å²) < 4.78 is 0. The van der Waals surface area contributed by atoms with E-state index in [2.05, 4.69) is 13.0 Å². The number of hydrogen-bond donors (Lipinski definition) is 1. The summed E-state index contributed by atoms with van der Waals surface area (Å²) in [6.07, 6.45) is 0.902. The minimum atomic E-state index is -0.413. The van der Waals surface area contributed by atoms with E-state index in [1.54, 1.807) is 4.90 Å². The molecule has 1 aliphatic heterocycles. The van der Waals surface area contributed by atoms with E-state index in [0.717, 1.165) is 18.7 Å². The Morgan fingerprint density at radius 3 is 2.72 bits per heavy atom. The van der Waals surface area contributed by atoms with Crippen LogP contribution in [-0.2, 0) is 11.2 Å². The molecule has 1 fully saturated rings. The number of likely N-dealkylation sites (N-methyl/N-ethyl adjacent to an activating group) is 1. The summed E-state index contributed by atoms with van der Waals surface area (Å²) in [7, 11) is 1.88. The average molecular weight is 248 g/mol. The zero-order valence-corrected chi connectivity index (χ0v) is 11.0. The number of carbonyl (C=O) groups excluding carboxylic acids is 1. The van der Waals surface area contributed by atoms with E-state index in [1.165, 1.54) is 5.56 Å². The minimum absolute atomic E-state index is 0.00727. The highest BCUT2D eigenvalue weighted by Crippen LogP contribution is 2.24. The smallest absolute Gasteiger partial charge is 0.246 e. The van der Waals surface area contributed by atoms with E-state index in [9.17, 15) is 9.90 Å². The Bertz CT molecular complexity index is 434. The predicted octanol–water partition coefficient (Wildman–Crippen LogP) is 0.888. The summed E-state index contributed by atoms with van der Waals surface area (Å²) in [5, 5.41) is 9.33. The average Bonchev–Trinajstić information content (AvgIpc) is 2.39. The van der Waals surface area contributed by atoms with Crippen LogP contribution in [0.1, 0.15) is 12.5 Å². The van der Waals surface area contributed by atoms with E-state index in [4.69, 9.17) is 0 Å². The zero-order valence-electron chi connectivity index (χ0n) is 11.0. The molecule has 1 N–H and O–H groups in total. The summed E-state index contributed by atoms with van der Waals surface area (Å²) in [5.74, 6) is -0.00727. The van der Waals surface area contributed by atoms with Gasteiger partial charge in [-0.3, -0.25) is 9.69 Å². The maximum atomic E-state index is 12.4. The number of amides is 1. The van der Waals surface area contributed by atoms with Crippen LogP contribution in [0.3, 0.4) is 0 Å². The summed E-state index contributed by atoms with van der Waals surface area (Å²) >= 11 is 0. The van der Waals surface area contributed by atoms with Gasteiger partial charge in [0.25, 0.3) is 0 Å². The van der Waals surface area contributed by atoms with Crippen molar-refractivity contribution in [1.82, 2.24) is 4.90 Å². The highest BCUT2D eigenvalue weighted by atomic mass is 16.3. The van der Waals surface area contributed by atoms with Gasteiger partial charge in [-0.25, -0.2) is 0 Å². The van der Waals surface area contributed by atoms with Crippen LogP contribution < -0.4 is 4.90 Å². The van der Waals surface area contributed by atoms with Crippen LogP contribution >= 0.6 is 0 Å². The number of piperazine rings is 1. The van der Waals surface area contributed by atoms with Crippen molar-refractivity contribution in [1.29, 1.82) is 0 Å². The van der Waals surface area contributed by atoms with Crippen LogP contribution in [0.15, 0.2) is 24.3 Å². The number of para-hydroxylation sites is 1. The standard InChI is InChI=1S/C14H20N2O2/c1-3-11-6-4-5-7-12(11)16-9-8-15(2)13(10-17)14(16)18/h4-7,13,17H,3,8-10H2,1-2H3. The number of nitrogens with zero attached hydrogens (tertiary/aromatic N) is 2. The minimum Gasteiger partial charge on any atom is -0.394 e. The van der Waals surface area contributed by atoms with Crippen LogP contribution in [0.4, 0.5) is 5.69 Å². The van der Waals surface area contributed by atoms with E-state index in [1.807, 2.05) is 30.1 Å². The molecule has 1 atom stereocenters. The van der Waals surface area contributed by atoms with Gasteiger partial charge in [-0.1, -0.05) is 25.1 Å². The Balaban J connectivity index is 2.30. The largest absolute Gasteiger partial charge is 0.394 e. The summed E-state index contributed by atoms with van der Waals surface area (Å²) in [6.45, 7) is 3.43. The third-order valence-electron chi connectivity index (χ3n) is 3.60. The second-order valence-electron chi connectivity index (χ2n) is 4.65. The molecule has 1 aromatic carbocycles. The van der Waals surface area contributed by atoms with Crippen molar-refractivity contribution in [3.63, 3.8) is 0 Å². The van der Waals surface area contributed by atoms with Crippen molar-refractivity contribution < 1.29 is 9.90 Å². The van der Waals surface area contributed by atoms with Gasteiger partial charge < -0.3 is 10.0 Å². The van der Waals surface area contributed by atoms with E-state index < -0.39 is 6.04 Å². The normalized spacial score (nSPS) is 21.4. The molecule has 0 bridgehead atoms. The first-order valence-electron chi connectivity index (χ1n) is 6.39. The van der Waals surface area contributed by atoms with Gasteiger partial charge in [-0.2, -0.15) is 0 Å². The van der Waals surface area contributed by atoms with Gasteiger partial charge in [0.15, 0.2) is 0 Å². The van der Waals surface area contributed by atoms with Crippen LogP contribution in [0.5, 0.6) is 0 Å². The van der Waals surface area contributed by atoms with Gasteiger partial charge in [-0.05, 0) is 25.1 Å². The molecule has 1 heterocycles. The zero-order chi connectivity index (χ0) is 13.1. The number of aliphatic hydroxyl groups is 1. The Morgan fingerprint density at radius 2 is 2.06 bits per heavy atom. The Kier molecular flexibility index (Phi) is 3.99. The molecule has 1 amide bonds. The molecular weight excluding hydrogens is 228 g/mol. The molecular formula is C14H20N2O2. The number of benzene rings is 1. The molecule has 0 spiro atoms. The van der Waals surface area contributed by atoms with Gasteiger partial charge in [0.2, 0.25) is 5.91 Å². The lowest BCUT2D eigenvalue weighted by atomic mass is 10.1. The summed E-state index contributed by atoms with van der Waals surface area (Å²) in [6, 6.07) is 7.56. The van der Waals surface area contributed by atoms with E-state index in [0.29, 0.717) is 6.54 Å². The number of aryl methyl sites for hydroxylation is 1. The summed E-state index contributed by atoms with van der Waals surface area (Å²) in [4.78, 5) is 16.1. The van der Waals surface area contributed by atoms with Crippen LogP contribution in [0.2, 0.25) is 0 Å². The first-order valence-corrected chi connectivity index (χ1v) is 6.39. The van der Waals surface area contributed by atoms with Gasteiger partial charge >= 0.3 is 0 Å². The number of anilines is 1. The maximum absolute atomic E-state index is 12.4. The molecule has 0 saturated carbocycles. The predicted molar refractivity (Wildman–Crippen MR) is 71.7 cm³/mol. The fourth-order valence-electron chi connectivity index (χ4n) is 2.42. The molecule has 4 nitrogen and oxygen atoms in total. The van der Waals surface area contributed by atoms with Crippen molar-refractivity contribution in [2.24, 2.45) is 0 Å². The number of hydrogen-bond acceptors (Lipinski definition) is 3. The van der Waals surface area contributed by atoms with Crippen LogP contribution in [0.25, 0.3) is 0 Å². The van der Waals surface area contributed by atoms with Gasteiger partial charge in [-0.15, -0.1) is 0 Å². The second kappa shape index (κ2) is 5.50. The molecule has 0 radical (unpaired) electrons. The topological polar surface area (TPSA) is 43.8 Å².